The second kappa shape index (κ2) is 4.55. The molecule has 0 aromatic heterocycles. The van der Waals surface area contributed by atoms with Crippen LogP contribution in [0.5, 0.6) is 0 Å². The maximum atomic E-state index is 5.46. The largest absolute Gasteiger partial charge is 0.330 e. The smallest absolute Gasteiger partial charge is 0.00772 e. The van der Waals surface area contributed by atoms with Crippen LogP contribution in [-0.2, 0) is 0 Å². The van der Waals surface area contributed by atoms with Gasteiger partial charge in [0.2, 0.25) is 0 Å². The van der Waals surface area contributed by atoms with Gasteiger partial charge in [-0.15, -0.1) is 0 Å². The molecular weight excluding hydrogens is 134 g/mol. The topological polar surface area (TPSA) is 26.0 Å². The van der Waals surface area contributed by atoms with E-state index in [1.807, 2.05) is 0 Å². The molecule has 1 unspecified atom stereocenters. The van der Waals surface area contributed by atoms with Crippen LogP contribution >= 0.6 is 0 Å². The molecule has 0 aromatic carbocycles. The molecule has 0 bridgehead atoms. The highest BCUT2D eigenvalue weighted by molar-refractivity contribution is 5.02. The van der Waals surface area contributed by atoms with Crippen LogP contribution < -0.4 is 5.73 Å². The summed E-state index contributed by atoms with van der Waals surface area (Å²) in [4.78, 5) is 0. The first-order valence-corrected chi connectivity index (χ1v) is 4.68. The van der Waals surface area contributed by atoms with E-state index in [9.17, 15) is 0 Å². The van der Waals surface area contributed by atoms with E-state index in [2.05, 4.69) is 13.0 Å². The maximum absolute atomic E-state index is 5.46. The van der Waals surface area contributed by atoms with E-state index in [4.69, 9.17) is 5.73 Å². The Morgan fingerprint density at radius 1 is 1.64 bits per heavy atom. The van der Waals surface area contributed by atoms with E-state index in [1.165, 1.54) is 32.1 Å². The van der Waals surface area contributed by atoms with Crippen LogP contribution in [-0.4, -0.2) is 6.54 Å². The van der Waals surface area contributed by atoms with Crippen LogP contribution in [0.2, 0.25) is 0 Å². The predicted molar refractivity (Wildman–Crippen MR) is 49.4 cm³/mol. The van der Waals surface area contributed by atoms with E-state index in [0.29, 0.717) is 0 Å². The maximum Gasteiger partial charge on any atom is -0.00772 e. The Bertz CT molecular complexity index is 138. The van der Waals surface area contributed by atoms with Crippen molar-refractivity contribution in [3.05, 3.63) is 11.6 Å². The zero-order valence-corrected chi connectivity index (χ0v) is 7.47. The first kappa shape index (κ1) is 8.79. The SMILES string of the molecule is CC1=CCC(CCCN)CC1. The average Bonchev–Trinajstić information content (AvgIpc) is 2.04. The number of nitrogens with two attached hydrogens (primary N) is 1. The van der Waals surface area contributed by atoms with Gasteiger partial charge in [0.25, 0.3) is 0 Å². The summed E-state index contributed by atoms with van der Waals surface area (Å²) in [6.45, 7) is 3.10. The lowest BCUT2D eigenvalue weighted by atomic mass is 9.87. The van der Waals surface area contributed by atoms with Gasteiger partial charge in [0, 0.05) is 0 Å². The highest BCUT2D eigenvalue weighted by atomic mass is 14.5. The molecule has 11 heavy (non-hydrogen) atoms. The molecule has 0 saturated carbocycles. The van der Waals surface area contributed by atoms with Crippen LogP contribution in [0.15, 0.2) is 11.6 Å². The fraction of sp³-hybridized carbons (Fsp3) is 0.800. The normalized spacial score (nSPS) is 24.9. The van der Waals surface area contributed by atoms with Crippen molar-refractivity contribution in [2.24, 2.45) is 11.7 Å². The fourth-order valence-corrected chi connectivity index (χ4v) is 1.69. The molecule has 0 spiro atoms. The molecule has 2 N–H and O–H groups in total. The summed E-state index contributed by atoms with van der Waals surface area (Å²) in [5.74, 6) is 0.933. The van der Waals surface area contributed by atoms with Crippen LogP contribution in [0.25, 0.3) is 0 Å². The molecule has 0 heterocycles. The molecule has 1 rings (SSSR count). The van der Waals surface area contributed by atoms with Crippen LogP contribution in [0.3, 0.4) is 0 Å². The van der Waals surface area contributed by atoms with E-state index < -0.39 is 0 Å². The molecule has 1 atom stereocenters. The van der Waals surface area contributed by atoms with Crippen molar-refractivity contribution in [1.82, 2.24) is 0 Å². The summed E-state index contributed by atoms with van der Waals surface area (Å²) < 4.78 is 0. The van der Waals surface area contributed by atoms with Crippen LogP contribution in [0.4, 0.5) is 0 Å². The summed E-state index contributed by atoms with van der Waals surface area (Å²) >= 11 is 0. The van der Waals surface area contributed by atoms with Gasteiger partial charge >= 0.3 is 0 Å². The molecule has 1 aliphatic rings. The first-order valence-electron chi connectivity index (χ1n) is 4.68. The van der Waals surface area contributed by atoms with E-state index >= 15 is 0 Å². The van der Waals surface area contributed by atoms with Gasteiger partial charge in [-0.3, -0.25) is 0 Å². The van der Waals surface area contributed by atoms with Gasteiger partial charge in [0.1, 0.15) is 0 Å². The summed E-state index contributed by atoms with van der Waals surface area (Å²) in [5.41, 5.74) is 7.04. The van der Waals surface area contributed by atoms with E-state index in [-0.39, 0.29) is 0 Å². The van der Waals surface area contributed by atoms with Gasteiger partial charge in [-0.1, -0.05) is 11.6 Å². The molecule has 0 amide bonds. The Balaban J connectivity index is 2.18. The minimum atomic E-state index is 0.860. The second-order valence-corrected chi connectivity index (χ2v) is 3.62. The molecular formula is C10H19N. The monoisotopic (exact) mass is 153 g/mol. The lowest BCUT2D eigenvalue weighted by Crippen LogP contribution is -2.07. The Morgan fingerprint density at radius 3 is 3.00 bits per heavy atom. The van der Waals surface area contributed by atoms with Crippen LogP contribution in [0, 0.1) is 5.92 Å². The Kier molecular flexibility index (Phi) is 3.64. The van der Waals surface area contributed by atoms with Gasteiger partial charge in [-0.25, -0.2) is 0 Å². The molecule has 64 valence electrons. The summed E-state index contributed by atoms with van der Waals surface area (Å²) in [6.07, 6.45) is 8.94. The van der Waals surface area contributed by atoms with Crippen LogP contribution in [0.1, 0.15) is 39.0 Å². The number of hydrogen-bond donors (Lipinski definition) is 1. The van der Waals surface area contributed by atoms with Gasteiger partial charge < -0.3 is 5.73 Å². The minimum absolute atomic E-state index is 0.860. The van der Waals surface area contributed by atoms with Crippen molar-refractivity contribution < 1.29 is 0 Å². The first-order chi connectivity index (χ1) is 5.33. The molecule has 1 heteroatoms. The van der Waals surface area contributed by atoms with Crippen molar-refractivity contribution >= 4 is 0 Å². The number of hydrogen-bond acceptors (Lipinski definition) is 1. The molecule has 0 radical (unpaired) electrons. The lowest BCUT2D eigenvalue weighted by Gasteiger charge is -2.19. The standard InChI is InChI=1S/C10H19N/c1-9-4-6-10(7-5-9)3-2-8-11/h4,10H,2-3,5-8,11H2,1H3. The Labute approximate surface area is 69.7 Å². The third-order valence-corrected chi connectivity index (χ3v) is 2.56. The van der Waals surface area contributed by atoms with E-state index in [1.54, 1.807) is 5.57 Å². The van der Waals surface area contributed by atoms with E-state index in [0.717, 1.165) is 12.5 Å². The van der Waals surface area contributed by atoms with Gasteiger partial charge in [0.05, 0.1) is 0 Å². The second-order valence-electron chi connectivity index (χ2n) is 3.62. The Morgan fingerprint density at radius 2 is 2.45 bits per heavy atom. The number of allylic oxidation sites excluding steroid dienone is 2. The van der Waals surface area contributed by atoms with Crippen molar-refractivity contribution in [3.8, 4) is 0 Å². The molecule has 1 nitrogen and oxygen atoms in total. The minimum Gasteiger partial charge on any atom is -0.330 e. The van der Waals surface area contributed by atoms with Crippen molar-refractivity contribution in [2.45, 2.75) is 39.0 Å². The summed E-state index contributed by atoms with van der Waals surface area (Å²) in [6, 6.07) is 0. The van der Waals surface area contributed by atoms with Gasteiger partial charge in [-0.2, -0.15) is 0 Å². The zero-order valence-electron chi connectivity index (χ0n) is 7.47. The quantitative estimate of drug-likeness (QED) is 0.619. The van der Waals surface area contributed by atoms with Crippen molar-refractivity contribution in [2.75, 3.05) is 6.54 Å². The molecule has 0 aliphatic heterocycles. The Hall–Kier alpha value is -0.300. The molecule has 0 aromatic rings. The lowest BCUT2D eigenvalue weighted by molar-refractivity contribution is 0.427. The predicted octanol–water partition coefficient (Wildman–Crippen LogP) is 2.47. The molecule has 0 fully saturated rings. The summed E-state index contributed by atoms with van der Waals surface area (Å²) in [7, 11) is 0. The fourth-order valence-electron chi connectivity index (χ4n) is 1.69. The van der Waals surface area contributed by atoms with Gasteiger partial charge in [-0.05, 0) is 51.5 Å². The molecule has 1 aliphatic carbocycles. The zero-order chi connectivity index (χ0) is 8.10. The third-order valence-electron chi connectivity index (χ3n) is 2.56. The third kappa shape index (κ3) is 3.06. The number of rotatable bonds is 3. The highest BCUT2D eigenvalue weighted by Crippen LogP contribution is 2.26. The van der Waals surface area contributed by atoms with Crippen molar-refractivity contribution in [3.63, 3.8) is 0 Å². The highest BCUT2D eigenvalue weighted by Gasteiger charge is 2.10. The van der Waals surface area contributed by atoms with Gasteiger partial charge in [0.15, 0.2) is 0 Å². The molecule has 0 saturated heterocycles. The van der Waals surface area contributed by atoms with Crippen molar-refractivity contribution in [1.29, 1.82) is 0 Å². The average molecular weight is 153 g/mol. The summed E-state index contributed by atoms with van der Waals surface area (Å²) in [5, 5.41) is 0.